The number of hydrogen-bond acceptors (Lipinski definition) is 3. The van der Waals surface area contributed by atoms with Crippen molar-refractivity contribution < 1.29 is 0 Å². The van der Waals surface area contributed by atoms with Crippen LogP contribution in [-0.2, 0) is 6.42 Å². The number of hydrogen-bond donors (Lipinski definition) is 1. The van der Waals surface area contributed by atoms with Crippen LogP contribution in [0.25, 0.3) is 0 Å². The molecule has 4 rings (SSSR count). The van der Waals surface area contributed by atoms with Crippen molar-refractivity contribution in [2.24, 2.45) is 0 Å². The van der Waals surface area contributed by atoms with E-state index in [1.165, 1.54) is 29.7 Å². The number of fused-ring (bicyclic) bond motifs is 3. The Hall–Kier alpha value is -1.87. The van der Waals surface area contributed by atoms with Gasteiger partial charge in [0, 0.05) is 42.6 Å². The third-order valence-electron chi connectivity index (χ3n) is 5.59. The molecule has 1 fully saturated rings. The number of nitrogens with one attached hydrogen (secondary N) is 1. The second kappa shape index (κ2) is 6.56. The maximum atomic E-state index is 4.45. The first kappa shape index (κ1) is 15.6. The summed E-state index contributed by atoms with van der Waals surface area (Å²) >= 11 is 0. The minimum atomic E-state index is 0.638. The molecule has 3 heterocycles. The number of aryl methyl sites for hydroxylation is 2. The molecule has 2 aliphatic rings. The number of anilines is 1. The van der Waals surface area contributed by atoms with E-state index in [9.17, 15) is 0 Å². The van der Waals surface area contributed by atoms with Gasteiger partial charge in [-0.15, -0.1) is 0 Å². The monoisotopic (exact) mass is 321 g/mol. The quantitative estimate of drug-likeness (QED) is 0.936. The molecular formula is C21H27N3. The zero-order chi connectivity index (χ0) is 16.5. The second-order valence-corrected chi connectivity index (χ2v) is 7.33. The number of benzene rings is 1. The second-order valence-electron chi connectivity index (χ2n) is 7.33. The van der Waals surface area contributed by atoms with Gasteiger partial charge in [-0.3, -0.25) is 4.98 Å². The third kappa shape index (κ3) is 2.93. The van der Waals surface area contributed by atoms with Crippen molar-refractivity contribution in [3.8, 4) is 0 Å². The van der Waals surface area contributed by atoms with E-state index in [1.54, 1.807) is 5.56 Å². The number of aromatic nitrogens is 1. The minimum Gasteiger partial charge on any atom is -0.367 e. The highest BCUT2D eigenvalue weighted by atomic mass is 15.2. The van der Waals surface area contributed by atoms with Gasteiger partial charge >= 0.3 is 0 Å². The lowest BCUT2D eigenvalue weighted by atomic mass is 9.92. The van der Waals surface area contributed by atoms with Gasteiger partial charge in [0.05, 0.1) is 0 Å². The van der Waals surface area contributed by atoms with Crippen LogP contribution in [-0.4, -0.2) is 30.7 Å². The Morgan fingerprint density at radius 2 is 2.12 bits per heavy atom. The summed E-state index contributed by atoms with van der Waals surface area (Å²) in [7, 11) is 0. The molecule has 2 aliphatic heterocycles. The molecule has 0 bridgehead atoms. The number of nitrogens with zero attached hydrogens (tertiary/aromatic N) is 2. The molecule has 2 atom stereocenters. The maximum absolute atomic E-state index is 4.45. The Kier molecular flexibility index (Phi) is 4.28. The van der Waals surface area contributed by atoms with Gasteiger partial charge in [-0.1, -0.05) is 23.8 Å². The van der Waals surface area contributed by atoms with E-state index >= 15 is 0 Å². The molecule has 0 saturated carbocycles. The molecule has 0 aliphatic carbocycles. The van der Waals surface area contributed by atoms with Gasteiger partial charge in [-0.05, 0) is 62.9 Å². The number of rotatable bonds is 3. The van der Waals surface area contributed by atoms with Crippen LogP contribution in [0.1, 0.15) is 41.1 Å². The standard InChI is InChI=1S/C21H27N3/c1-15-5-8-21-18(12-15)19-14-22-10-3-4-20(19)24(21)11-9-17-7-6-16(2)23-13-17/h5-8,12-13,19-20,22H,3-4,9-11,14H2,1-2H3/t19-,20-/m0/s1. The third-order valence-corrected chi connectivity index (χ3v) is 5.59. The molecule has 0 spiro atoms. The first-order chi connectivity index (χ1) is 11.7. The largest absolute Gasteiger partial charge is 0.367 e. The summed E-state index contributed by atoms with van der Waals surface area (Å²) < 4.78 is 0. The predicted molar refractivity (Wildman–Crippen MR) is 99.8 cm³/mol. The predicted octanol–water partition coefficient (Wildman–Crippen LogP) is 3.60. The zero-order valence-corrected chi connectivity index (χ0v) is 14.8. The van der Waals surface area contributed by atoms with Gasteiger partial charge in [-0.25, -0.2) is 0 Å². The van der Waals surface area contributed by atoms with Gasteiger partial charge in [0.1, 0.15) is 0 Å². The summed E-state index contributed by atoms with van der Waals surface area (Å²) in [5, 5.41) is 3.64. The topological polar surface area (TPSA) is 28.2 Å². The molecule has 1 saturated heterocycles. The van der Waals surface area contributed by atoms with Crippen molar-refractivity contribution in [1.29, 1.82) is 0 Å². The van der Waals surface area contributed by atoms with Crippen molar-refractivity contribution >= 4 is 5.69 Å². The first-order valence-corrected chi connectivity index (χ1v) is 9.22. The number of pyridine rings is 1. The lowest BCUT2D eigenvalue weighted by Crippen LogP contribution is -2.36. The van der Waals surface area contributed by atoms with E-state index in [1.807, 2.05) is 13.1 Å². The van der Waals surface area contributed by atoms with Crippen LogP contribution in [0.4, 0.5) is 5.69 Å². The average Bonchev–Trinajstić information content (AvgIpc) is 2.74. The molecule has 1 N–H and O–H groups in total. The van der Waals surface area contributed by atoms with Crippen LogP contribution in [0, 0.1) is 13.8 Å². The molecule has 0 unspecified atom stereocenters. The summed E-state index contributed by atoms with van der Waals surface area (Å²) in [5.74, 6) is 0.638. The van der Waals surface area contributed by atoms with E-state index in [-0.39, 0.29) is 0 Å². The maximum Gasteiger partial charge on any atom is 0.0405 e. The Labute approximate surface area is 145 Å². The van der Waals surface area contributed by atoms with Crippen molar-refractivity contribution in [3.05, 3.63) is 58.9 Å². The van der Waals surface area contributed by atoms with E-state index < -0.39 is 0 Å². The van der Waals surface area contributed by atoms with Gasteiger partial charge in [-0.2, -0.15) is 0 Å². The Morgan fingerprint density at radius 1 is 1.21 bits per heavy atom. The zero-order valence-electron chi connectivity index (χ0n) is 14.8. The summed E-state index contributed by atoms with van der Waals surface area (Å²) in [6.07, 6.45) is 5.67. The SMILES string of the molecule is Cc1ccc2c(c1)[C@@H]1CNCCC[C@@H]1N2CCc1ccc(C)nc1. The molecule has 0 amide bonds. The lowest BCUT2D eigenvalue weighted by Gasteiger charge is -2.29. The molecule has 3 nitrogen and oxygen atoms in total. The Bertz CT molecular complexity index is 708. The van der Waals surface area contributed by atoms with Crippen LogP contribution in [0.3, 0.4) is 0 Å². The van der Waals surface area contributed by atoms with Crippen molar-refractivity contribution in [3.63, 3.8) is 0 Å². The fraction of sp³-hybridized carbons (Fsp3) is 0.476. The lowest BCUT2D eigenvalue weighted by molar-refractivity contribution is 0.512. The van der Waals surface area contributed by atoms with Crippen LogP contribution in [0.2, 0.25) is 0 Å². The van der Waals surface area contributed by atoms with Crippen LogP contribution in [0.15, 0.2) is 36.5 Å². The molecular weight excluding hydrogens is 294 g/mol. The molecule has 1 aromatic carbocycles. The van der Waals surface area contributed by atoms with Crippen molar-refractivity contribution in [1.82, 2.24) is 10.3 Å². The smallest absolute Gasteiger partial charge is 0.0405 e. The minimum absolute atomic E-state index is 0.638. The first-order valence-electron chi connectivity index (χ1n) is 9.22. The summed E-state index contributed by atoms with van der Waals surface area (Å²) in [6.45, 7) is 7.61. The fourth-order valence-corrected chi connectivity index (χ4v) is 4.31. The fourth-order valence-electron chi connectivity index (χ4n) is 4.31. The Balaban J connectivity index is 1.59. The summed E-state index contributed by atoms with van der Waals surface area (Å²) in [4.78, 5) is 7.12. The van der Waals surface area contributed by atoms with Crippen molar-refractivity contribution in [2.45, 2.75) is 45.1 Å². The molecule has 1 aromatic heterocycles. The highest BCUT2D eigenvalue weighted by molar-refractivity contribution is 5.63. The normalized spacial score (nSPS) is 22.8. The van der Waals surface area contributed by atoms with Crippen LogP contribution >= 0.6 is 0 Å². The molecule has 24 heavy (non-hydrogen) atoms. The van der Waals surface area contributed by atoms with E-state index in [0.29, 0.717) is 12.0 Å². The van der Waals surface area contributed by atoms with Gasteiger partial charge in [0.15, 0.2) is 0 Å². The van der Waals surface area contributed by atoms with E-state index in [2.05, 4.69) is 52.5 Å². The molecule has 3 heteroatoms. The summed E-state index contributed by atoms with van der Waals surface area (Å²) in [6, 6.07) is 12.0. The van der Waals surface area contributed by atoms with E-state index in [4.69, 9.17) is 0 Å². The van der Waals surface area contributed by atoms with Gasteiger partial charge in [0.2, 0.25) is 0 Å². The molecule has 126 valence electrons. The van der Waals surface area contributed by atoms with E-state index in [0.717, 1.165) is 31.7 Å². The average molecular weight is 321 g/mol. The Morgan fingerprint density at radius 3 is 2.96 bits per heavy atom. The summed E-state index contributed by atoms with van der Waals surface area (Å²) in [5.41, 5.74) is 6.82. The highest BCUT2D eigenvalue weighted by Crippen LogP contribution is 2.43. The molecule has 2 aromatic rings. The van der Waals surface area contributed by atoms with Crippen LogP contribution < -0.4 is 10.2 Å². The van der Waals surface area contributed by atoms with Gasteiger partial charge < -0.3 is 10.2 Å². The van der Waals surface area contributed by atoms with Crippen LogP contribution in [0.5, 0.6) is 0 Å². The molecule has 0 radical (unpaired) electrons. The van der Waals surface area contributed by atoms with Gasteiger partial charge in [0.25, 0.3) is 0 Å². The van der Waals surface area contributed by atoms with Crippen molar-refractivity contribution in [2.75, 3.05) is 24.5 Å². The highest BCUT2D eigenvalue weighted by Gasteiger charge is 2.38.